The largest absolute Gasteiger partial charge is 0.360 e. The van der Waals surface area contributed by atoms with Gasteiger partial charge in [0.2, 0.25) is 17.7 Å². The number of carbonyl (C=O) groups excluding carboxylic acids is 3. The molecule has 3 amide bonds. The van der Waals surface area contributed by atoms with E-state index in [0.29, 0.717) is 28.5 Å². The Kier molecular flexibility index (Phi) is 9.33. The Balaban J connectivity index is 2.02. The van der Waals surface area contributed by atoms with Crippen LogP contribution in [0.4, 0.5) is 11.5 Å². The lowest BCUT2D eigenvalue weighted by Crippen LogP contribution is -2.50. The third-order valence-electron chi connectivity index (χ3n) is 6.39. The van der Waals surface area contributed by atoms with Crippen LogP contribution in [0.5, 0.6) is 0 Å². The number of rotatable bonds is 10. The highest BCUT2D eigenvalue weighted by atomic mass is 35.5. The molecule has 38 heavy (non-hydrogen) atoms. The number of nitrogens with zero attached hydrogens (tertiary/aromatic N) is 2. The number of carbonyl (C=O) groups is 3. The highest BCUT2D eigenvalue weighted by Gasteiger charge is 2.36. The summed E-state index contributed by atoms with van der Waals surface area (Å²) in [7, 11) is 0. The molecule has 0 radical (unpaired) electrons. The molecule has 8 nitrogen and oxygen atoms in total. The first-order chi connectivity index (χ1) is 17.9. The van der Waals surface area contributed by atoms with Crippen LogP contribution in [0, 0.1) is 20.8 Å². The van der Waals surface area contributed by atoms with Crippen molar-refractivity contribution in [1.82, 2.24) is 10.5 Å². The van der Waals surface area contributed by atoms with E-state index in [1.165, 1.54) is 4.90 Å². The minimum atomic E-state index is -1.05. The van der Waals surface area contributed by atoms with Gasteiger partial charge in [-0.2, -0.15) is 0 Å². The summed E-state index contributed by atoms with van der Waals surface area (Å²) in [5, 5.41) is 9.83. The van der Waals surface area contributed by atoms with Gasteiger partial charge in [-0.25, -0.2) is 0 Å². The van der Waals surface area contributed by atoms with Crippen molar-refractivity contribution in [2.75, 3.05) is 10.2 Å². The third-order valence-corrected chi connectivity index (χ3v) is 6.74. The summed E-state index contributed by atoms with van der Waals surface area (Å²) in [5.74, 6) is -0.306. The van der Waals surface area contributed by atoms with Crippen LogP contribution in [-0.4, -0.2) is 28.4 Å². The predicted molar refractivity (Wildman–Crippen MR) is 149 cm³/mol. The van der Waals surface area contributed by atoms with Crippen LogP contribution in [-0.2, 0) is 14.4 Å². The fourth-order valence-electron chi connectivity index (χ4n) is 4.05. The van der Waals surface area contributed by atoms with Crippen molar-refractivity contribution in [2.45, 2.75) is 72.4 Å². The van der Waals surface area contributed by atoms with Gasteiger partial charge < -0.3 is 15.2 Å². The monoisotopic (exact) mass is 538 g/mol. The Morgan fingerprint density at radius 1 is 1.05 bits per heavy atom. The molecule has 2 N–H and O–H groups in total. The predicted octanol–water partition coefficient (Wildman–Crippen LogP) is 6.05. The molecular weight excluding hydrogens is 504 g/mol. The standard InChI is InChI=1S/C29H35ClN4O4/c1-7-29(5,6)32-28(37)27(21-10-8-9-11-22(21)30)34(23-13-12-18(2)16-19(23)3)26(36)15-14-25(35)31-24-17-20(4)38-33-24/h8-13,16-17,27H,7,14-15H2,1-6H3,(H,32,37)(H,31,33,35)/t27-/m0/s1. The van der Waals surface area contributed by atoms with Gasteiger partial charge in [0.05, 0.1) is 0 Å². The molecule has 0 bridgehead atoms. The van der Waals surface area contributed by atoms with E-state index in [9.17, 15) is 14.4 Å². The van der Waals surface area contributed by atoms with Gasteiger partial charge in [0.1, 0.15) is 11.8 Å². The molecule has 3 aromatic rings. The molecule has 2 aromatic carbocycles. The number of aromatic nitrogens is 1. The van der Waals surface area contributed by atoms with Gasteiger partial charge in [0, 0.05) is 40.7 Å². The van der Waals surface area contributed by atoms with E-state index in [1.807, 2.05) is 52.8 Å². The molecule has 0 aliphatic heterocycles. The van der Waals surface area contributed by atoms with E-state index in [1.54, 1.807) is 37.3 Å². The van der Waals surface area contributed by atoms with Crippen LogP contribution in [0.3, 0.4) is 0 Å². The molecule has 1 atom stereocenters. The Morgan fingerprint density at radius 3 is 2.37 bits per heavy atom. The second-order valence-corrected chi connectivity index (χ2v) is 10.5. The highest BCUT2D eigenvalue weighted by molar-refractivity contribution is 6.31. The van der Waals surface area contributed by atoms with E-state index >= 15 is 0 Å². The zero-order valence-corrected chi connectivity index (χ0v) is 23.5. The summed E-state index contributed by atoms with van der Waals surface area (Å²) >= 11 is 6.59. The molecule has 0 saturated carbocycles. The van der Waals surface area contributed by atoms with Crippen LogP contribution in [0.1, 0.15) is 68.5 Å². The van der Waals surface area contributed by atoms with Crippen LogP contribution in [0.25, 0.3) is 0 Å². The Morgan fingerprint density at radius 2 is 1.76 bits per heavy atom. The summed E-state index contributed by atoms with van der Waals surface area (Å²) in [6.45, 7) is 11.4. The maximum Gasteiger partial charge on any atom is 0.248 e. The van der Waals surface area contributed by atoms with E-state index in [4.69, 9.17) is 16.1 Å². The molecule has 1 heterocycles. The van der Waals surface area contributed by atoms with E-state index in [-0.39, 0.29) is 24.6 Å². The number of anilines is 2. The number of amides is 3. The lowest BCUT2D eigenvalue weighted by Gasteiger charge is -2.35. The average Bonchev–Trinajstić information content (AvgIpc) is 3.26. The number of halogens is 1. The van der Waals surface area contributed by atoms with E-state index in [2.05, 4.69) is 15.8 Å². The van der Waals surface area contributed by atoms with Gasteiger partial charge in [-0.05, 0) is 58.7 Å². The van der Waals surface area contributed by atoms with Crippen LogP contribution in [0.2, 0.25) is 5.02 Å². The molecule has 3 rings (SSSR count). The maximum absolute atomic E-state index is 13.9. The second-order valence-electron chi connectivity index (χ2n) is 10.1. The second kappa shape index (κ2) is 12.3. The zero-order chi connectivity index (χ0) is 28.0. The van der Waals surface area contributed by atoms with Gasteiger partial charge in [-0.3, -0.25) is 19.3 Å². The van der Waals surface area contributed by atoms with Gasteiger partial charge in [0.25, 0.3) is 0 Å². The zero-order valence-electron chi connectivity index (χ0n) is 22.7. The SMILES string of the molecule is CCC(C)(C)NC(=O)[C@H](c1ccccc1Cl)N(C(=O)CCC(=O)Nc1cc(C)on1)c1ccc(C)cc1C. The normalized spacial score (nSPS) is 12.1. The Bertz CT molecular complexity index is 1320. The van der Waals surface area contributed by atoms with Crippen molar-refractivity contribution >= 4 is 40.8 Å². The van der Waals surface area contributed by atoms with Crippen molar-refractivity contribution in [1.29, 1.82) is 0 Å². The van der Waals surface area contributed by atoms with E-state index < -0.39 is 23.4 Å². The molecule has 0 unspecified atom stereocenters. The number of benzene rings is 2. The first-order valence-electron chi connectivity index (χ1n) is 12.6. The van der Waals surface area contributed by atoms with Gasteiger partial charge >= 0.3 is 0 Å². The number of aryl methyl sites for hydroxylation is 3. The molecule has 202 valence electrons. The lowest BCUT2D eigenvalue weighted by atomic mass is 9.97. The van der Waals surface area contributed by atoms with Crippen molar-refractivity contribution in [3.8, 4) is 0 Å². The Labute approximate surface area is 228 Å². The maximum atomic E-state index is 13.9. The smallest absolute Gasteiger partial charge is 0.248 e. The average molecular weight is 539 g/mol. The fraction of sp³-hybridized carbons (Fsp3) is 0.379. The molecule has 0 fully saturated rings. The number of hydrogen-bond acceptors (Lipinski definition) is 5. The molecule has 0 aliphatic rings. The molecule has 0 saturated heterocycles. The van der Waals surface area contributed by atoms with Crippen molar-refractivity contribution < 1.29 is 18.9 Å². The van der Waals surface area contributed by atoms with Gasteiger partial charge in [-0.15, -0.1) is 0 Å². The van der Waals surface area contributed by atoms with Gasteiger partial charge in [0.15, 0.2) is 5.82 Å². The van der Waals surface area contributed by atoms with Crippen molar-refractivity contribution in [2.24, 2.45) is 0 Å². The molecule has 0 aliphatic carbocycles. The number of nitrogens with one attached hydrogen (secondary N) is 2. The van der Waals surface area contributed by atoms with Crippen molar-refractivity contribution in [3.63, 3.8) is 0 Å². The quantitative estimate of drug-likeness (QED) is 0.327. The molecule has 9 heteroatoms. The summed E-state index contributed by atoms with van der Waals surface area (Å²) < 4.78 is 4.98. The minimum Gasteiger partial charge on any atom is -0.360 e. The molecule has 1 aromatic heterocycles. The lowest BCUT2D eigenvalue weighted by molar-refractivity contribution is -0.128. The number of hydrogen-bond donors (Lipinski definition) is 2. The summed E-state index contributed by atoms with van der Waals surface area (Å²) in [5.41, 5.74) is 2.40. The first kappa shape index (κ1) is 28.9. The fourth-order valence-corrected chi connectivity index (χ4v) is 4.29. The summed E-state index contributed by atoms with van der Waals surface area (Å²) in [6.07, 6.45) is 0.442. The summed E-state index contributed by atoms with van der Waals surface area (Å²) in [6, 6.07) is 13.2. The summed E-state index contributed by atoms with van der Waals surface area (Å²) in [4.78, 5) is 41.8. The Hall–Kier alpha value is -3.65. The minimum absolute atomic E-state index is 0.108. The third kappa shape index (κ3) is 7.22. The molecule has 0 spiro atoms. The van der Waals surface area contributed by atoms with Gasteiger partial charge in [-0.1, -0.05) is 59.6 Å². The van der Waals surface area contributed by atoms with Crippen LogP contribution in [0.15, 0.2) is 53.1 Å². The van der Waals surface area contributed by atoms with Crippen molar-refractivity contribution in [3.05, 3.63) is 76.0 Å². The van der Waals surface area contributed by atoms with Crippen LogP contribution < -0.4 is 15.5 Å². The topological polar surface area (TPSA) is 105 Å². The van der Waals surface area contributed by atoms with E-state index in [0.717, 1.165) is 11.1 Å². The molecular formula is C29H35ClN4O4. The first-order valence-corrected chi connectivity index (χ1v) is 13.0. The highest BCUT2D eigenvalue weighted by Crippen LogP contribution is 2.35. The van der Waals surface area contributed by atoms with Crippen LogP contribution >= 0.6 is 11.6 Å².